The van der Waals surface area contributed by atoms with Crippen LogP contribution >= 0.6 is 0 Å². The predicted octanol–water partition coefficient (Wildman–Crippen LogP) is 2.15. The summed E-state index contributed by atoms with van der Waals surface area (Å²) in [6, 6.07) is 6.45. The standard InChI is InChI=1S/C18H16F4N2O4S/c19-12-2-1-3-13(10-12)28-11-16(25)23-6-8-24(9-7-23)29(26,27)15-5-4-14(20)17(21)18(15)22/h1-5,10H,6-9,11H2. The van der Waals surface area contributed by atoms with Crippen molar-refractivity contribution < 1.29 is 35.5 Å². The van der Waals surface area contributed by atoms with E-state index in [2.05, 4.69) is 0 Å². The van der Waals surface area contributed by atoms with Crippen LogP contribution in [0.5, 0.6) is 5.75 Å². The van der Waals surface area contributed by atoms with Crippen LogP contribution in [0.1, 0.15) is 0 Å². The summed E-state index contributed by atoms with van der Waals surface area (Å²) in [6.45, 7) is -0.696. The Labute approximate surface area is 164 Å². The Hall–Kier alpha value is -2.66. The second-order valence-electron chi connectivity index (χ2n) is 6.20. The van der Waals surface area contributed by atoms with Crippen LogP contribution in [-0.2, 0) is 14.8 Å². The molecule has 1 heterocycles. The van der Waals surface area contributed by atoms with Gasteiger partial charge in [0.15, 0.2) is 24.1 Å². The van der Waals surface area contributed by atoms with Crippen molar-refractivity contribution in [3.63, 3.8) is 0 Å². The zero-order chi connectivity index (χ0) is 21.2. The third kappa shape index (κ3) is 4.51. The lowest BCUT2D eigenvalue weighted by Gasteiger charge is -2.34. The van der Waals surface area contributed by atoms with Crippen LogP contribution in [0.4, 0.5) is 17.6 Å². The Morgan fingerprint density at radius 3 is 2.31 bits per heavy atom. The van der Waals surface area contributed by atoms with Gasteiger partial charge in [0.05, 0.1) is 0 Å². The van der Waals surface area contributed by atoms with Gasteiger partial charge < -0.3 is 9.64 Å². The Kier molecular flexibility index (Phi) is 6.08. The average Bonchev–Trinajstić information content (AvgIpc) is 2.70. The van der Waals surface area contributed by atoms with Crippen LogP contribution < -0.4 is 4.74 Å². The highest BCUT2D eigenvalue weighted by atomic mass is 32.2. The molecule has 0 spiro atoms. The zero-order valence-electron chi connectivity index (χ0n) is 14.9. The van der Waals surface area contributed by atoms with Gasteiger partial charge in [-0.1, -0.05) is 6.07 Å². The van der Waals surface area contributed by atoms with E-state index < -0.39 is 44.1 Å². The van der Waals surface area contributed by atoms with E-state index in [1.165, 1.54) is 23.1 Å². The summed E-state index contributed by atoms with van der Waals surface area (Å²) in [7, 11) is -4.40. The quantitative estimate of drug-likeness (QED) is 0.537. The lowest BCUT2D eigenvalue weighted by atomic mass is 10.3. The van der Waals surface area contributed by atoms with Crippen LogP contribution in [0.3, 0.4) is 0 Å². The van der Waals surface area contributed by atoms with Gasteiger partial charge in [0.25, 0.3) is 5.91 Å². The molecule has 0 saturated carbocycles. The molecule has 0 bridgehead atoms. The maximum atomic E-state index is 13.9. The van der Waals surface area contributed by atoms with Crippen molar-refractivity contribution >= 4 is 15.9 Å². The summed E-state index contributed by atoms with van der Waals surface area (Å²) in [4.78, 5) is 12.6. The fourth-order valence-corrected chi connectivity index (χ4v) is 4.30. The number of rotatable bonds is 5. The molecule has 6 nitrogen and oxygen atoms in total. The summed E-state index contributed by atoms with van der Waals surface area (Å²) in [5.74, 6) is -5.92. The number of nitrogens with zero attached hydrogens (tertiary/aromatic N) is 2. The van der Waals surface area contributed by atoms with Gasteiger partial charge in [-0.05, 0) is 24.3 Å². The Morgan fingerprint density at radius 2 is 1.66 bits per heavy atom. The SMILES string of the molecule is O=C(COc1cccc(F)c1)N1CCN(S(=O)(=O)c2ccc(F)c(F)c2F)CC1. The normalized spacial score (nSPS) is 15.4. The molecular formula is C18H16F4N2O4S. The third-order valence-corrected chi connectivity index (χ3v) is 6.28. The highest BCUT2D eigenvalue weighted by Crippen LogP contribution is 2.24. The van der Waals surface area contributed by atoms with Gasteiger partial charge in [-0.2, -0.15) is 4.31 Å². The summed E-state index contributed by atoms with van der Waals surface area (Å²) in [5, 5.41) is 0. The minimum absolute atomic E-state index is 0.00410. The largest absolute Gasteiger partial charge is 0.484 e. The fourth-order valence-electron chi connectivity index (χ4n) is 2.82. The lowest BCUT2D eigenvalue weighted by Crippen LogP contribution is -2.51. The first kappa shape index (κ1) is 21.1. The first-order chi connectivity index (χ1) is 13.7. The van der Waals surface area contributed by atoms with Gasteiger partial charge >= 0.3 is 0 Å². The molecule has 1 saturated heterocycles. The molecule has 0 radical (unpaired) electrons. The maximum Gasteiger partial charge on any atom is 0.260 e. The zero-order valence-corrected chi connectivity index (χ0v) is 15.8. The van der Waals surface area contributed by atoms with Crippen LogP contribution in [0, 0.1) is 23.3 Å². The molecular weight excluding hydrogens is 416 g/mol. The number of ether oxygens (including phenoxy) is 1. The van der Waals surface area contributed by atoms with E-state index in [9.17, 15) is 30.8 Å². The first-order valence-corrected chi connectivity index (χ1v) is 9.94. The number of amides is 1. The van der Waals surface area contributed by atoms with E-state index in [0.717, 1.165) is 10.4 Å². The molecule has 0 unspecified atom stereocenters. The molecule has 2 aromatic carbocycles. The van der Waals surface area contributed by atoms with E-state index in [4.69, 9.17) is 4.74 Å². The van der Waals surface area contributed by atoms with Crippen LogP contribution in [0.2, 0.25) is 0 Å². The second kappa shape index (κ2) is 8.37. The molecule has 3 rings (SSSR count). The average molecular weight is 432 g/mol. The van der Waals surface area contributed by atoms with Crippen molar-refractivity contribution in [2.75, 3.05) is 32.8 Å². The molecule has 0 aromatic heterocycles. The summed E-state index contributed by atoms with van der Waals surface area (Å²) >= 11 is 0. The molecule has 156 valence electrons. The smallest absolute Gasteiger partial charge is 0.260 e. The first-order valence-electron chi connectivity index (χ1n) is 8.50. The third-order valence-electron chi connectivity index (χ3n) is 4.37. The molecule has 1 aliphatic rings. The van der Waals surface area contributed by atoms with Gasteiger partial charge in [-0.3, -0.25) is 4.79 Å². The molecule has 1 fully saturated rings. The minimum atomic E-state index is -4.40. The number of hydrogen-bond donors (Lipinski definition) is 0. The molecule has 0 aliphatic carbocycles. The van der Waals surface area contributed by atoms with Gasteiger partial charge in [0, 0.05) is 32.2 Å². The summed E-state index contributed by atoms with van der Waals surface area (Å²) in [6.07, 6.45) is 0. The number of carbonyl (C=O) groups is 1. The number of hydrogen-bond acceptors (Lipinski definition) is 4. The monoisotopic (exact) mass is 432 g/mol. The number of carbonyl (C=O) groups excluding carboxylic acids is 1. The molecule has 11 heteroatoms. The Balaban J connectivity index is 1.61. The number of halogens is 4. The van der Waals surface area contributed by atoms with Crippen molar-refractivity contribution in [3.8, 4) is 5.75 Å². The van der Waals surface area contributed by atoms with Gasteiger partial charge in [0.1, 0.15) is 16.5 Å². The topological polar surface area (TPSA) is 66.9 Å². The van der Waals surface area contributed by atoms with E-state index in [0.29, 0.717) is 12.1 Å². The molecule has 0 atom stereocenters. The lowest BCUT2D eigenvalue weighted by molar-refractivity contribution is -0.134. The van der Waals surface area contributed by atoms with E-state index in [-0.39, 0.29) is 38.5 Å². The molecule has 2 aromatic rings. The highest BCUT2D eigenvalue weighted by Gasteiger charge is 2.33. The van der Waals surface area contributed by atoms with Crippen LogP contribution in [0.25, 0.3) is 0 Å². The van der Waals surface area contributed by atoms with Gasteiger partial charge in [-0.15, -0.1) is 0 Å². The van der Waals surface area contributed by atoms with Crippen molar-refractivity contribution in [2.24, 2.45) is 0 Å². The maximum absolute atomic E-state index is 13.9. The molecule has 29 heavy (non-hydrogen) atoms. The predicted molar refractivity (Wildman–Crippen MR) is 93.5 cm³/mol. The van der Waals surface area contributed by atoms with Crippen molar-refractivity contribution in [3.05, 3.63) is 59.7 Å². The van der Waals surface area contributed by atoms with Crippen molar-refractivity contribution in [1.82, 2.24) is 9.21 Å². The van der Waals surface area contributed by atoms with E-state index in [1.807, 2.05) is 0 Å². The minimum Gasteiger partial charge on any atom is -0.484 e. The number of piperazine rings is 1. The number of benzene rings is 2. The fraction of sp³-hybridized carbons (Fsp3) is 0.278. The Bertz CT molecular complexity index is 1020. The van der Waals surface area contributed by atoms with E-state index >= 15 is 0 Å². The van der Waals surface area contributed by atoms with Crippen molar-refractivity contribution in [1.29, 1.82) is 0 Å². The molecule has 1 aliphatic heterocycles. The van der Waals surface area contributed by atoms with Crippen LogP contribution in [0.15, 0.2) is 41.3 Å². The highest BCUT2D eigenvalue weighted by molar-refractivity contribution is 7.89. The second-order valence-corrected chi connectivity index (χ2v) is 8.11. The molecule has 0 N–H and O–H groups in total. The molecule has 1 amide bonds. The van der Waals surface area contributed by atoms with Gasteiger partial charge in [-0.25, -0.2) is 26.0 Å². The number of sulfonamides is 1. The van der Waals surface area contributed by atoms with Gasteiger partial charge in [0.2, 0.25) is 10.0 Å². The Morgan fingerprint density at radius 1 is 0.966 bits per heavy atom. The van der Waals surface area contributed by atoms with Crippen LogP contribution in [-0.4, -0.2) is 56.3 Å². The van der Waals surface area contributed by atoms with E-state index in [1.54, 1.807) is 0 Å². The summed E-state index contributed by atoms with van der Waals surface area (Å²) in [5.41, 5.74) is 0. The summed E-state index contributed by atoms with van der Waals surface area (Å²) < 4.78 is 84.6. The van der Waals surface area contributed by atoms with Crippen molar-refractivity contribution in [2.45, 2.75) is 4.90 Å².